The maximum Gasteiger partial charge on any atom is 0.234 e. The molecule has 0 bridgehead atoms. The molecule has 0 spiro atoms. The van der Waals surface area contributed by atoms with Crippen molar-refractivity contribution in [3.63, 3.8) is 0 Å². The van der Waals surface area contributed by atoms with E-state index in [4.69, 9.17) is 16.3 Å². The van der Waals surface area contributed by atoms with Crippen LogP contribution in [-0.2, 0) is 11.8 Å². The molecule has 0 aliphatic heterocycles. The van der Waals surface area contributed by atoms with Gasteiger partial charge in [-0.25, -0.2) is 0 Å². The van der Waals surface area contributed by atoms with E-state index in [0.717, 1.165) is 5.56 Å². The second-order valence-electron chi connectivity index (χ2n) is 4.36. The Bertz CT molecular complexity index is 660. The molecule has 112 valence electrons. The lowest BCUT2D eigenvalue weighted by atomic mass is 10.2. The van der Waals surface area contributed by atoms with Crippen molar-refractivity contribution in [2.75, 3.05) is 18.2 Å². The third-order valence-electron chi connectivity index (χ3n) is 2.76. The zero-order valence-electron chi connectivity index (χ0n) is 11.9. The number of hydrogen-bond donors (Lipinski definition) is 1. The van der Waals surface area contributed by atoms with Gasteiger partial charge in [0.15, 0.2) is 5.16 Å². The molecule has 0 saturated carbocycles. The van der Waals surface area contributed by atoms with Crippen molar-refractivity contribution < 1.29 is 9.53 Å². The first kappa shape index (κ1) is 15.7. The van der Waals surface area contributed by atoms with Crippen LogP contribution < -0.4 is 10.1 Å². The molecule has 0 aliphatic rings. The molecule has 0 fully saturated rings. The first-order valence-corrected chi connectivity index (χ1v) is 7.48. The molecule has 0 unspecified atom stereocenters. The minimum Gasteiger partial charge on any atom is -0.495 e. The monoisotopic (exact) mass is 326 g/mol. The number of ether oxygens (including phenoxy) is 1. The highest BCUT2D eigenvalue weighted by Crippen LogP contribution is 2.31. The number of nitrogens with one attached hydrogen (secondary N) is 1. The fraction of sp³-hybridized carbons (Fsp3) is 0.308. The van der Waals surface area contributed by atoms with Gasteiger partial charge in [0.2, 0.25) is 5.91 Å². The maximum absolute atomic E-state index is 12.0. The number of thioether (sulfide) groups is 1. The molecule has 0 atom stereocenters. The highest BCUT2D eigenvalue weighted by atomic mass is 35.5. The number of methoxy groups -OCH3 is 1. The summed E-state index contributed by atoms with van der Waals surface area (Å²) in [5, 5.41) is 11.8. The number of aryl methyl sites for hydroxylation is 2. The van der Waals surface area contributed by atoms with Crippen LogP contribution in [0.4, 0.5) is 5.69 Å². The molecule has 1 aromatic carbocycles. The SMILES string of the molecule is COc1cc(Cl)c(C)cc1NC(=O)CSc1nncn1C. The van der Waals surface area contributed by atoms with E-state index in [2.05, 4.69) is 15.5 Å². The number of amides is 1. The number of carbonyl (C=O) groups excluding carboxylic acids is 1. The maximum atomic E-state index is 12.0. The van der Waals surface area contributed by atoms with Gasteiger partial charge in [-0.15, -0.1) is 10.2 Å². The first-order chi connectivity index (χ1) is 10.0. The molecular formula is C13H15ClN4O2S. The summed E-state index contributed by atoms with van der Waals surface area (Å²) in [6, 6.07) is 3.47. The van der Waals surface area contributed by atoms with E-state index in [-0.39, 0.29) is 11.7 Å². The Labute approximate surface area is 131 Å². The van der Waals surface area contributed by atoms with Gasteiger partial charge in [0.05, 0.1) is 18.6 Å². The van der Waals surface area contributed by atoms with Crippen LogP contribution in [-0.4, -0.2) is 33.5 Å². The third kappa shape index (κ3) is 3.89. The molecule has 8 heteroatoms. The normalized spacial score (nSPS) is 10.5. The summed E-state index contributed by atoms with van der Waals surface area (Å²) in [6.07, 6.45) is 1.59. The average Bonchev–Trinajstić information content (AvgIpc) is 2.86. The number of carbonyl (C=O) groups is 1. The lowest BCUT2D eigenvalue weighted by molar-refractivity contribution is -0.113. The lowest BCUT2D eigenvalue weighted by Crippen LogP contribution is -2.15. The van der Waals surface area contributed by atoms with Crippen molar-refractivity contribution in [3.8, 4) is 5.75 Å². The molecule has 1 aromatic heterocycles. The van der Waals surface area contributed by atoms with Crippen molar-refractivity contribution in [2.45, 2.75) is 12.1 Å². The molecular weight excluding hydrogens is 312 g/mol. The van der Waals surface area contributed by atoms with Crippen LogP contribution in [0.15, 0.2) is 23.6 Å². The van der Waals surface area contributed by atoms with Crippen molar-refractivity contribution in [3.05, 3.63) is 29.0 Å². The Hall–Kier alpha value is -1.73. The molecule has 1 amide bonds. The molecule has 2 aromatic rings. The van der Waals surface area contributed by atoms with Gasteiger partial charge >= 0.3 is 0 Å². The Morgan fingerprint density at radius 2 is 2.29 bits per heavy atom. The fourth-order valence-corrected chi connectivity index (χ4v) is 2.49. The standard InChI is InChI=1S/C13H15ClN4O2S/c1-8-4-10(11(20-3)5-9(8)14)16-12(19)6-21-13-17-15-7-18(13)2/h4-5,7H,6H2,1-3H3,(H,16,19). The van der Waals surface area contributed by atoms with Gasteiger partial charge in [-0.05, 0) is 18.6 Å². The molecule has 0 radical (unpaired) electrons. The van der Waals surface area contributed by atoms with Crippen LogP contribution in [0, 0.1) is 6.92 Å². The van der Waals surface area contributed by atoms with E-state index in [1.807, 2.05) is 14.0 Å². The van der Waals surface area contributed by atoms with Gasteiger partial charge in [-0.1, -0.05) is 23.4 Å². The summed E-state index contributed by atoms with van der Waals surface area (Å²) in [7, 11) is 3.36. The van der Waals surface area contributed by atoms with Crippen molar-refractivity contribution in [1.82, 2.24) is 14.8 Å². The number of benzene rings is 1. The smallest absolute Gasteiger partial charge is 0.234 e. The molecule has 21 heavy (non-hydrogen) atoms. The van der Waals surface area contributed by atoms with Crippen molar-refractivity contribution in [1.29, 1.82) is 0 Å². The highest BCUT2D eigenvalue weighted by molar-refractivity contribution is 7.99. The molecule has 0 aliphatic carbocycles. The first-order valence-electron chi connectivity index (χ1n) is 6.12. The van der Waals surface area contributed by atoms with E-state index in [0.29, 0.717) is 21.6 Å². The predicted molar refractivity (Wildman–Crippen MR) is 83.1 cm³/mol. The van der Waals surface area contributed by atoms with Crippen LogP contribution in [0.2, 0.25) is 5.02 Å². The number of aromatic nitrogens is 3. The van der Waals surface area contributed by atoms with Crippen molar-refractivity contribution in [2.24, 2.45) is 7.05 Å². The highest BCUT2D eigenvalue weighted by Gasteiger charge is 2.12. The Kier molecular flexibility index (Phi) is 5.08. The Morgan fingerprint density at radius 1 is 1.52 bits per heavy atom. The molecule has 0 saturated heterocycles. The van der Waals surface area contributed by atoms with Gasteiger partial charge in [0.1, 0.15) is 12.1 Å². The summed E-state index contributed by atoms with van der Waals surface area (Å²) in [6.45, 7) is 1.87. The summed E-state index contributed by atoms with van der Waals surface area (Å²) >= 11 is 7.34. The summed E-state index contributed by atoms with van der Waals surface area (Å²) in [5.74, 6) is 0.614. The predicted octanol–water partition coefficient (Wildman–Crippen LogP) is 2.52. The van der Waals surface area contributed by atoms with Crippen LogP contribution >= 0.6 is 23.4 Å². The van der Waals surface area contributed by atoms with Crippen LogP contribution in [0.3, 0.4) is 0 Å². The summed E-state index contributed by atoms with van der Waals surface area (Å²) < 4.78 is 6.97. The third-order valence-corrected chi connectivity index (χ3v) is 4.20. The Morgan fingerprint density at radius 3 is 2.90 bits per heavy atom. The summed E-state index contributed by atoms with van der Waals surface area (Å²) in [5.41, 5.74) is 1.47. The number of rotatable bonds is 5. The minimum atomic E-state index is -0.150. The lowest BCUT2D eigenvalue weighted by Gasteiger charge is -2.12. The van der Waals surface area contributed by atoms with E-state index in [1.54, 1.807) is 23.0 Å². The van der Waals surface area contributed by atoms with Crippen LogP contribution in [0.1, 0.15) is 5.56 Å². The quantitative estimate of drug-likeness (QED) is 0.855. The van der Waals surface area contributed by atoms with Crippen molar-refractivity contribution >= 4 is 35.0 Å². The number of nitrogens with zero attached hydrogens (tertiary/aromatic N) is 3. The zero-order valence-corrected chi connectivity index (χ0v) is 13.5. The molecule has 6 nitrogen and oxygen atoms in total. The van der Waals surface area contributed by atoms with Gasteiger partial charge < -0.3 is 14.6 Å². The molecule has 2 rings (SSSR count). The topological polar surface area (TPSA) is 69.0 Å². The van der Waals surface area contributed by atoms with Gasteiger partial charge in [-0.2, -0.15) is 0 Å². The van der Waals surface area contributed by atoms with Crippen LogP contribution in [0.25, 0.3) is 0 Å². The van der Waals surface area contributed by atoms with Gasteiger partial charge in [-0.3, -0.25) is 4.79 Å². The zero-order chi connectivity index (χ0) is 15.4. The van der Waals surface area contributed by atoms with E-state index in [9.17, 15) is 4.79 Å². The fourth-order valence-electron chi connectivity index (χ4n) is 1.65. The second-order valence-corrected chi connectivity index (χ2v) is 5.71. The van der Waals surface area contributed by atoms with Crippen LogP contribution in [0.5, 0.6) is 5.75 Å². The number of anilines is 1. The van der Waals surface area contributed by atoms with E-state index >= 15 is 0 Å². The van der Waals surface area contributed by atoms with Gasteiger partial charge in [0.25, 0.3) is 0 Å². The number of hydrogen-bond acceptors (Lipinski definition) is 5. The Balaban J connectivity index is 2.02. The minimum absolute atomic E-state index is 0.150. The molecule has 1 N–H and O–H groups in total. The number of halogens is 1. The largest absolute Gasteiger partial charge is 0.495 e. The second kappa shape index (κ2) is 6.82. The van der Waals surface area contributed by atoms with Gasteiger partial charge in [0, 0.05) is 18.1 Å². The van der Waals surface area contributed by atoms with E-state index in [1.165, 1.54) is 18.9 Å². The average molecular weight is 327 g/mol. The van der Waals surface area contributed by atoms with E-state index < -0.39 is 0 Å². The molecule has 1 heterocycles. The summed E-state index contributed by atoms with van der Waals surface area (Å²) in [4.78, 5) is 12.0.